The van der Waals surface area contributed by atoms with E-state index in [2.05, 4.69) is 0 Å². The highest BCUT2D eigenvalue weighted by Crippen LogP contribution is 2.32. The lowest BCUT2D eigenvalue weighted by molar-refractivity contribution is 0.0989. The van der Waals surface area contributed by atoms with E-state index in [-0.39, 0.29) is 10.8 Å². The van der Waals surface area contributed by atoms with Gasteiger partial charge in [0.15, 0.2) is 0 Å². The molecule has 0 saturated heterocycles. The Morgan fingerprint density at radius 2 is 1.67 bits per heavy atom. The summed E-state index contributed by atoms with van der Waals surface area (Å²) in [6, 6.07) is 22.1. The van der Waals surface area contributed by atoms with Crippen LogP contribution in [0.2, 0.25) is 0 Å². The molecule has 3 aromatic carbocycles. The fourth-order valence-electron chi connectivity index (χ4n) is 4.05. The molecule has 0 radical (unpaired) electrons. The number of sulfonamides is 1. The lowest BCUT2D eigenvalue weighted by atomic mass is 10.1. The zero-order valence-electron chi connectivity index (χ0n) is 18.9. The first kappa shape index (κ1) is 23.0. The average molecular weight is 465 g/mol. The standard InChI is InChI=1S/C26H28N2O4S/c1-3-27(4-2)33(30,31)24-14-15-25-22(18-24)16-17-28(25)26(29)21-10-12-23(13-11-21)32-19-20-8-6-5-7-9-20/h5-15,18H,3-4,16-17,19H2,1-2H3. The van der Waals surface area contributed by atoms with Crippen molar-refractivity contribution >= 4 is 21.6 Å². The molecule has 0 atom stereocenters. The van der Waals surface area contributed by atoms with Crippen LogP contribution in [-0.4, -0.2) is 38.3 Å². The molecule has 0 fully saturated rings. The fraction of sp³-hybridized carbons (Fsp3) is 0.269. The molecule has 7 heteroatoms. The lowest BCUT2D eigenvalue weighted by Crippen LogP contribution is -2.30. The first-order chi connectivity index (χ1) is 15.9. The highest BCUT2D eigenvalue weighted by Gasteiger charge is 2.29. The Morgan fingerprint density at radius 1 is 0.970 bits per heavy atom. The highest BCUT2D eigenvalue weighted by molar-refractivity contribution is 7.89. The number of fused-ring (bicyclic) bond motifs is 1. The number of amides is 1. The number of carbonyl (C=O) groups is 1. The van der Waals surface area contributed by atoms with Crippen molar-refractivity contribution < 1.29 is 17.9 Å². The van der Waals surface area contributed by atoms with E-state index in [4.69, 9.17) is 4.74 Å². The summed E-state index contributed by atoms with van der Waals surface area (Å²) in [5.74, 6) is 0.589. The minimum atomic E-state index is -3.53. The molecule has 0 spiro atoms. The van der Waals surface area contributed by atoms with E-state index in [1.807, 2.05) is 44.2 Å². The molecule has 0 aromatic heterocycles. The molecule has 3 aromatic rings. The number of hydrogen-bond donors (Lipinski definition) is 0. The van der Waals surface area contributed by atoms with E-state index < -0.39 is 10.0 Å². The third-order valence-corrected chi connectivity index (χ3v) is 7.93. The molecular formula is C26H28N2O4S. The molecule has 0 bridgehead atoms. The van der Waals surface area contributed by atoms with Crippen molar-refractivity contribution in [2.45, 2.75) is 31.8 Å². The monoisotopic (exact) mass is 464 g/mol. The topological polar surface area (TPSA) is 66.9 Å². The maximum Gasteiger partial charge on any atom is 0.258 e. The Labute approximate surface area is 195 Å². The molecule has 0 aliphatic carbocycles. The van der Waals surface area contributed by atoms with Crippen LogP contribution in [0.1, 0.15) is 35.3 Å². The van der Waals surface area contributed by atoms with Crippen molar-refractivity contribution in [1.29, 1.82) is 0 Å². The predicted molar refractivity (Wildman–Crippen MR) is 129 cm³/mol. The molecule has 6 nitrogen and oxygen atoms in total. The molecule has 1 heterocycles. The summed E-state index contributed by atoms with van der Waals surface area (Å²) in [5.41, 5.74) is 3.28. The van der Waals surface area contributed by atoms with Gasteiger partial charge >= 0.3 is 0 Å². The van der Waals surface area contributed by atoms with Gasteiger partial charge in [0.1, 0.15) is 12.4 Å². The predicted octanol–water partition coefficient (Wildman–Crippen LogP) is 4.50. The first-order valence-corrected chi connectivity index (χ1v) is 12.6. The van der Waals surface area contributed by atoms with Gasteiger partial charge in [-0.05, 0) is 60.0 Å². The minimum Gasteiger partial charge on any atom is -0.489 e. The summed E-state index contributed by atoms with van der Waals surface area (Å²) in [4.78, 5) is 15.1. The van der Waals surface area contributed by atoms with Crippen molar-refractivity contribution in [1.82, 2.24) is 4.31 Å². The van der Waals surface area contributed by atoms with Gasteiger partial charge in [-0.2, -0.15) is 4.31 Å². The number of benzene rings is 3. The Hall–Kier alpha value is -3.16. The first-order valence-electron chi connectivity index (χ1n) is 11.2. The van der Waals surface area contributed by atoms with E-state index >= 15 is 0 Å². The van der Waals surface area contributed by atoms with Crippen LogP contribution in [0, 0.1) is 0 Å². The van der Waals surface area contributed by atoms with Gasteiger partial charge in [0, 0.05) is 30.9 Å². The quantitative estimate of drug-likeness (QED) is 0.492. The summed E-state index contributed by atoms with van der Waals surface area (Å²) in [7, 11) is -3.53. The van der Waals surface area contributed by atoms with Crippen LogP contribution >= 0.6 is 0 Å². The van der Waals surface area contributed by atoms with Crippen LogP contribution in [-0.2, 0) is 23.1 Å². The van der Waals surface area contributed by atoms with E-state index in [0.717, 1.165) is 16.8 Å². The number of ether oxygens (including phenoxy) is 1. The molecule has 33 heavy (non-hydrogen) atoms. The van der Waals surface area contributed by atoms with Crippen molar-refractivity contribution in [3.63, 3.8) is 0 Å². The summed E-state index contributed by atoms with van der Waals surface area (Å²) >= 11 is 0. The molecule has 0 unspecified atom stereocenters. The summed E-state index contributed by atoms with van der Waals surface area (Å²) < 4.78 is 32.9. The maximum atomic E-state index is 13.1. The van der Waals surface area contributed by atoms with Crippen LogP contribution < -0.4 is 9.64 Å². The Bertz CT molecular complexity index is 1220. The van der Waals surface area contributed by atoms with Gasteiger partial charge in [-0.15, -0.1) is 0 Å². The number of rotatable bonds is 8. The Morgan fingerprint density at radius 3 is 2.33 bits per heavy atom. The highest BCUT2D eigenvalue weighted by atomic mass is 32.2. The Kier molecular flexibility index (Phi) is 6.81. The second-order valence-corrected chi connectivity index (χ2v) is 9.82. The molecule has 1 aliphatic heterocycles. The van der Waals surface area contributed by atoms with Crippen molar-refractivity contribution in [3.8, 4) is 5.75 Å². The molecule has 1 amide bonds. The van der Waals surface area contributed by atoms with Gasteiger partial charge in [0.05, 0.1) is 4.90 Å². The minimum absolute atomic E-state index is 0.109. The van der Waals surface area contributed by atoms with E-state index in [9.17, 15) is 13.2 Å². The molecule has 0 N–H and O–H groups in total. The zero-order valence-corrected chi connectivity index (χ0v) is 19.7. The van der Waals surface area contributed by atoms with Crippen LogP contribution in [0.3, 0.4) is 0 Å². The second kappa shape index (κ2) is 9.77. The molecule has 0 saturated carbocycles. The number of carbonyl (C=O) groups excluding carboxylic acids is 1. The molecule has 1 aliphatic rings. The van der Waals surface area contributed by atoms with Crippen molar-refractivity contribution in [2.24, 2.45) is 0 Å². The Balaban J connectivity index is 1.47. The zero-order chi connectivity index (χ0) is 23.4. The number of nitrogens with zero attached hydrogens (tertiary/aromatic N) is 2. The summed E-state index contributed by atoms with van der Waals surface area (Å²) in [5, 5.41) is 0. The van der Waals surface area contributed by atoms with Crippen molar-refractivity contribution in [3.05, 3.63) is 89.5 Å². The third-order valence-electron chi connectivity index (χ3n) is 5.88. The van der Waals surface area contributed by atoms with E-state index in [1.165, 1.54) is 4.31 Å². The fourth-order valence-corrected chi connectivity index (χ4v) is 5.56. The molecule has 172 valence electrons. The van der Waals surface area contributed by atoms with E-state index in [0.29, 0.717) is 44.0 Å². The van der Waals surface area contributed by atoms with Crippen LogP contribution in [0.4, 0.5) is 5.69 Å². The van der Waals surface area contributed by atoms with Gasteiger partial charge in [-0.25, -0.2) is 8.42 Å². The number of anilines is 1. The normalized spacial score (nSPS) is 13.2. The molecule has 4 rings (SSSR count). The number of hydrogen-bond acceptors (Lipinski definition) is 4. The average Bonchev–Trinajstić information content (AvgIpc) is 3.27. The third kappa shape index (κ3) is 4.79. The van der Waals surface area contributed by atoms with Gasteiger partial charge in [-0.3, -0.25) is 4.79 Å². The summed E-state index contributed by atoms with van der Waals surface area (Å²) in [6.45, 7) is 5.48. The second-order valence-electron chi connectivity index (χ2n) is 7.89. The van der Waals surface area contributed by atoms with Gasteiger partial charge in [0.25, 0.3) is 5.91 Å². The van der Waals surface area contributed by atoms with Gasteiger partial charge in [-0.1, -0.05) is 44.2 Å². The van der Waals surface area contributed by atoms with Gasteiger partial charge in [0.2, 0.25) is 10.0 Å². The van der Waals surface area contributed by atoms with Gasteiger partial charge < -0.3 is 9.64 Å². The lowest BCUT2D eigenvalue weighted by Gasteiger charge is -2.20. The van der Waals surface area contributed by atoms with E-state index in [1.54, 1.807) is 47.4 Å². The van der Waals surface area contributed by atoms with Crippen LogP contribution in [0.15, 0.2) is 77.7 Å². The smallest absolute Gasteiger partial charge is 0.258 e. The summed E-state index contributed by atoms with van der Waals surface area (Å²) in [6.07, 6.45) is 0.626. The maximum absolute atomic E-state index is 13.1. The molecular weight excluding hydrogens is 436 g/mol. The van der Waals surface area contributed by atoms with Crippen molar-refractivity contribution in [2.75, 3.05) is 24.5 Å². The SMILES string of the molecule is CCN(CC)S(=O)(=O)c1ccc2c(c1)CCN2C(=O)c1ccc(OCc2ccccc2)cc1. The van der Waals surface area contributed by atoms with Crippen LogP contribution in [0.5, 0.6) is 5.75 Å². The van der Waals surface area contributed by atoms with Crippen LogP contribution in [0.25, 0.3) is 0 Å². The largest absolute Gasteiger partial charge is 0.489 e.